The van der Waals surface area contributed by atoms with Gasteiger partial charge in [-0.2, -0.15) is 10.4 Å². The minimum absolute atomic E-state index is 0.0120. The van der Waals surface area contributed by atoms with E-state index in [2.05, 4.69) is 11.2 Å². The van der Waals surface area contributed by atoms with Gasteiger partial charge >= 0.3 is 0 Å². The van der Waals surface area contributed by atoms with E-state index < -0.39 is 5.91 Å². The average molecular weight is 415 g/mol. The van der Waals surface area contributed by atoms with Crippen LogP contribution in [0.5, 0.6) is 11.5 Å². The first-order valence-corrected chi connectivity index (χ1v) is 10.1. The van der Waals surface area contributed by atoms with Gasteiger partial charge in [0.25, 0.3) is 5.91 Å². The van der Waals surface area contributed by atoms with Crippen LogP contribution in [0.15, 0.2) is 54.1 Å². The van der Waals surface area contributed by atoms with E-state index in [0.717, 1.165) is 11.3 Å². The third-order valence-corrected chi connectivity index (χ3v) is 4.61. The molecule has 0 spiro atoms. The molecule has 31 heavy (non-hydrogen) atoms. The molecule has 1 aromatic heterocycles. The first-order valence-electron chi connectivity index (χ1n) is 10.1. The lowest BCUT2D eigenvalue weighted by Crippen LogP contribution is -2.15. The fourth-order valence-electron chi connectivity index (χ4n) is 3.22. The smallest absolute Gasteiger partial charge is 0.289 e. The van der Waals surface area contributed by atoms with Crippen LogP contribution in [0.2, 0.25) is 0 Å². The van der Waals surface area contributed by atoms with Gasteiger partial charge in [0.15, 0.2) is 11.5 Å². The molecule has 3 aromatic rings. The number of aryl methyl sites for hydroxylation is 3. The second kappa shape index (κ2) is 9.77. The molecule has 158 valence electrons. The summed E-state index contributed by atoms with van der Waals surface area (Å²) in [5.41, 5.74) is 4.28. The standard InChI is InChI=1S/C25H25N3O3/c1-5-30-24-14-20(9-10-23(24)31-16-21-8-6-7-17(2)11-21)13-22(15-26)25(29)28-19(4)12-18(3)27-28/h6-14H,5,16H2,1-4H3/b22-13+. The van der Waals surface area contributed by atoms with Crippen LogP contribution >= 0.6 is 0 Å². The summed E-state index contributed by atoms with van der Waals surface area (Å²) in [6.45, 7) is 8.38. The van der Waals surface area contributed by atoms with E-state index in [-0.39, 0.29) is 5.57 Å². The maximum atomic E-state index is 12.7. The van der Waals surface area contributed by atoms with E-state index in [1.807, 2.05) is 38.1 Å². The number of carbonyl (C=O) groups excluding carboxylic acids is 1. The molecule has 0 aliphatic carbocycles. The fraction of sp³-hybridized carbons (Fsp3) is 0.240. The van der Waals surface area contributed by atoms with Crippen LogP contribution < -0.4 is 9.47 Å². The van der Waals surface area contributed by atoms with Crippen LogP contribution in [0.3, 0.4) is 0 Å². The average Bonchev–Trinajstić information content (AvgIpc) is 3.09. The lowest BCUT2D eigenvalue weighted by Gasteiger charge is -2.13. The molecule has 0 atom stereocenters. The van der Waals surface area contributed by atoms with E-state index in [0.29, 0.717) is 36.0 Å². The molecular weight excluding hydrogens is 390 g/mol. The summed E-state index contributed by atoms with van der Waals surface area (Å²) in [4.78, 5) is 12.7. The van der Waals surface area contributed by atoms with Crippen LogP contribution in [0, 0.1) is 32.1 Å². The number of ether oxygens (including phenoxy) is 2. The quantitative estimate of drug-likeness (QED) is 0.399. The van der Waals surface area contributed by atoms with Crippen LogP contribution in [0.4, 0.5) is 0 Å². The number of nitriles is 1. The molecule has 2 aromatic carbocycles. The predicted molar refractivity (Wildman–Crippen MR) is 119 cm³/mol. The maximum Gasteiger partial charge on any atom is 0.289 e. The van der Waals surface area contributed by atoms with E-state index in [4.69, 9.17) is 9.47 Å². The third-order valence-electron chi connectivity index (χ3n) is 4.61. The van der Waals surface area contributed by atoms with Gasteiger partial charge in [-0.25, -0.2) is 4.68 Å². The number of carbonyl (C=O) groups is 1. The van der Waals surface area contributed by atoms with Gasteiger partial charge in [-0.3, -0.25) is 4.79 Å². The highest BCUT2D eigenvalue weighted by atomic mass is 16.5. The monoisotopic (exact) mass is 415 g/mol. The van der Waals surface area contributed by atoms with E-state index >= 15 is 0 Å². The van der Waals surface area contributed by atoms with Crippen LogP contribution in [-0.4, -0.2) is 22.3 Å². The zero-order chi connectivity index (χ0) is 22.4. The summed E-state index contributed by atoms with van der Waals surface area (Å²) in [5, 5.41) is 13.7. The Hall–Kier alpha value is -3.85. The molecular formula is C25H25N3O3. The number of nitrogens with zero attached hydrogens (tertiary/aromatic N) is 3. The van der Waals surface area contributed by atoms with Crippen molar-refractivity contribution in [3.05, 3.63) is 82.2 Å². The van der Waals surface area contributed by atoms with E-state index in [1.165, 1.54) is 16.3 Å². The number of hydrogen-bond acceptors (Lipinski definition) is 5. The van der Waals surface area contributed by atoms with Crippen molar-refractivity contribution >= 4 is 12.0 Å². The van der Waals surface area contributed by atoms with Gasteiger partial charge < -0.3 is 9.47 Å². The highest BCUT2D eigenvalue weighted by molar-refractivity contribution is 6.03. The Morgan fingerprint density at radius 1 is 1.10 bits per heavy atom. The molecule has 3 rings (SSSR count). The topological polar surface area (TPSA) is 77.1 Å². The SMILES string of the molecule is CCOc1cc(/C=C(\C#N)C(=O)n2nc(C)cc2C)ccc1OCc1cccc(C)c1. The Kier molecular flexibility index (Phi) is 6.88. The predicted octanol–water partition coefficient (Wildman–Crippen LogP) is 5.03. The molecule has 0 amide bonds. The zero-order valence-electron chi connectivity index (χ0n) is 18.2. The zero-order valence-corrected chi connectivity index (χ0v) is 18.2. The lowest BCUT2D eigenvalue weighted by molar-refractivity contribution is 0.0943. The number of benzene rings is 2. The summed E-state index contributed by atoms with van der Waals surface area (Å²) < 4.78 is 12.9. The fourth-order valence-corrected chi connectivity index (χ4v) is 3.22. The third kappa shape index (κ3) is 5.40. The number of allylic oxidation sites excluding steroid dienone is 1. The second-order valence-electron chi connectivity index (χ2n) is 7.23. The summed E-state index contributed by atoms with van der Waals surface area (Å²) in [6.07, 6.45) is 1.53. The van der Waals surface area contributed by atoms with Crippen molar-refractivity contribution in [2.45, 2.75) is 34.3 Å². The van der Waals surface area contributed by atoms with Crippen molar-refractivity contribution < 1.29 is 14.3 Å². The van der Waals surface area contributed by atoms with Gasteiger partial charge in [0.05, 0.1) is 12.3 Å². The molecule has 0 bridgehead atoms. The Morgan fingerprint density at radius 3 is 2.55 bits per heavy atom. The molecule has 0 aliphatic rings. The first-order chi connectivity index (χ1) is 14.9. The molecule has 0 unspecified atom stereocenters. The molecule has 0 saturated carbocycles. The van der Waals surface area contributed by atoms with E-state index in [1.54, 1.807) is 38.1 Å². The molecule has 0 aliphatic heterocycles. The summed E-state index contributed by atoms with van der Waals surface area (Å²) in [5.74, 6) is 0.689. The highest BCUT2D eigenvalue weighted by Crippen LogP contribution is 2.30. The summed E-state index contributed by atoms with van der Waals surface area (Å²) >= 11 is 0. The molecule has 1 heterocycles. The van der Waals surface area contributed by atoms with Gasteiger partial charge in [-0.05, 0) is 63.1 Å². The Bertz CT molecular complexity index is 1170. The van der Waals surface area contributed by atoms with Gasteiger partial charge in [-0.15, -0.1) is 0 Å². The van der Waals surface area contributed by atoms with Gasteiger partial charge in [0, 0.05) is 5.69 Å². The van der Waals surface area contributed by atoms with Crippen LogP contribution in [0.1, 0.15) is 39.8 Å². The molecule has 0 saturated heterocycles. The van der Waals surface area contributed by atoms with Crippen molar-refractivity contribution in [2.24, 2.45) is 0 Å². The molecule has 6 nitrogen and oxygen atoms in total. The Balaban J connectivity index is 1.85. The largest absolute Gasteiger partial charge is 0.490 e. The highest BCUT2D eigenvalue weighted by Gasteiger charge is 2.16. The van der Waals surface area contributed by atoms with Gasteiger partial charge in [0.2, 0.25) is 0 Å². The molecule has 0 radical (unpaired) electrons. The van der Waals surface area contributed by atoms with Crippen molar-refractivity contribution in [1.82, 2.24) is 9.78 Å². The van der Waals surface area contributed by atoms with Crippen LogP contribution in [-0.2, 0) is 6.61 Å². The Morgan fingerprint density at radius 2 is 1.90 bits per heavy atom. The minimum atomic E-state index is -0.467. The van der Waals surface area contributed by atoms with Crippen molar-refractivity contribution in [1.29, 1.82) is 5.26 Å². The summed E-state index contributed by atoms with van der Waals surface area (Å²) in [7, 11) is 0. The van der Waals surface area contributed by atoms with Crippen molar-refractivity contribution in [2.75, 3.05) is 6.61 Å². The maximum absolute atomic E-state index is 12.7. The summed E-state index contributed by atoms with van der Waals surface area (Å²) in [6, 6.07) is 17.2. The van der Waals surface area contributed by atoms with Crippen molar-refractivity contribution in [3.8, 4) is 17.6 Å². The van der Waals surface area contributed by atoms with Gasteiger partial charge in [-0.1, -0.05) is 35.9 Å². The molecule has 0 N–H and O–H groups in total. The second-order valence-corrected chi connectivity index (χ2v) is 7.23. The normalized spacial score (nSPS) is 11.1. The van der Waals surface area contributed by atoms with Crippen molar-refractivity contribution in [3.63, 3.8) is 0 Å². The molecule has 0 fully saturated rings. The van der Waals surface area contributed by atoms with E-state index in [9.17, 15) is 10.1 Å². The number of rotatable bonds is 7. The number of hydrogen-bond donors (Lipinski definition) is 0. The number of aromatic nitrogens is 2. The first kappa shape index (κ1) is 21.8. The molecule has 6 heteroatoms. The minimum Gasteiger partial charge on any atom is -0.490 e. The Labute approximate surface area is 182 Å². The van der Waals surface area contributed by atoms with Gasteiger partial charge in [0.1, 0.15) is 18.2 Å². The van der Waals surface area contributed by atoms with Crippen LogP contribution in [0.25, 0.3) is 6.08 Å². The lowest BCUT2D eigenvalue weighted by atomic mass is 10.1.